The van der Waals surface area contributed by atoms with E-state index < -0.39 is 0 Å². The monoisotopic (exact) mass is 351 g/mol. The average Bonchev–Trinajstić information content (AvgIpc) is 2.47. The van der Waals surface area contributed by atoms with Crippen LogP contribution in [0.5, 0.6) is 0 Å². The molecule has 6 heteroatoms. The SMILES string of the molecule is Cc1cccc(NC(=S)NN=Cc2c(Cl)cccc2Cl)c1C. The van der Waals surface area contributed by atoms with Gasteiger partial charge in [-0.2, -0.15) is 5.10 Å². The van der Waals surface area contributed by atoms with Crippen LogP contribution in [0.25, 0.3) is 0 Å². The number of aryl methyl sites for hydroxylation is 1. The van der Waals surface area contributed by atoms with E-state index in [4.69, 9.17) is 35.4 Å². The van der Waals surface area contributed by atoms with E-state index in [9.17, 15) is 0 Å². The molecule has 3 nitrogen and oxygen atoms in total. The van der Waals surface area contributed by atoms with E-state index >= 15 is 0 Å². The van der Waals surface area contributed by atoms with Crippen molar-refractivity contribution in [2.24, 2.45) is 5.10 Å². The van der Waals surface area contributed by atoms with Crippen LogP contribution in [0.2, 0.25) is 10.0 Å². The number of rotatable bonds is 3. The van der Waals surface area contributed by atoms with Crippen molar-refractivity contribution in [2.75, 3.05) is 5.32 Å². The summed E-state index contributed by atoms with van der Waals surface area (Å²) in [7, 11) is 0. The first kappa shape index (κ1) is 16.7. The van der Waals surface area contributed by atoms with Gasteiger partial charge in [-0.25, -0.2) is 0 Å². The van der Waals surface area contributed by atoms with Crippen molar-refractivity contribution in [2.45, 2.75) is 13.8 Å². The molecule has 0 bridgehead atoms. The van der Waals surface area contributed by atoms with Gasteiger partial charge in [0.05, 0.1) is 16.3 Å². The molecule has 2 aromatic rings. The third-order valence-electron chi connectivity index (χ3n) is 3.21. The number of halogens is 2. The number of nitrogens with zero attached hydrogens (tertiary/aromatic N) is 1. The first-order chi connectivity index (χ1) is 10.5. The topological polar surface area (TPSA) is 36.4 Å². The van der Waals surface area contributed by atoms with Crippen molar-refractivity contribution in [1.29, 1.82) is 0 Å². The van der Waals surface area contributed by atoms with E-state index in [-0.39, 0.29) is 0 Å². The first-order valence-corrected chi connectivity index (χ1v) is 7.75. The molecule has 0 saturated heterocycles. The van der Waals surface area contributed by atoms with Gasteiger partial charge in [-0.1, -0.05) is 41.4 Å². The number of hydrazone groups is 1. The smallest absolute Gasteiger partial charge is 0.191 e. The molecule has 0 spiro atoms. The number of nitrogens with one attached hydrogen (secondary N) is 2. The summed E-state index contributed by atoms with van der Waals surface area (Å²) < 4.78 is 0. The molecular formula is C16H15Cl2N3S. The standard InChI is InChI=1S/C16H15Cl2N3S/c1-10-5-3-8-15(11(10)2)20-16(22)21-19-9-12-13(17)6-4-7-14(12)18/h3-9H,1-2H3,(H2,20,21,22). The fourth-order valence-electron chi connectivity index (χ4n) is 1.83. The Morgan fingerprint density at radius 3 is 2.41 bits per heavy atom. The molecule has 0 aliphatic heterocycles. The van der Waals surface area contributed by atoms with E-state index in [0.29, 0.717) is 20.7 Å². The maximum Gasteiger partial charge on any atom is 0.191 e. The van der Waals surface area contributed by atoms with Crippen LogP contribution in [0.4, 0.5) is 5.69 Å². The lowest BCUT2D eigenvalue weighted by Gasteiger charge is -2.11. The molecule has 0 saturated carbocycles. The average molecular weight is 352 g/mol. The minimum Gasteiger partial charge on any atom is -0.331 e. The lowest BCUT2D eigenvalue weighted by molar-refractivity contribution is 1.05. The normalized spacial score (nSPS) is 10.7. The van der Waals surface area contributed by atoms with Crippen molar-refractivity contribution in [3.63, 3.8) is 0 Å². The maximum atomic E-state index is 6.06. The van der Waals surface area contributed by atoms with Gasteiger partial charge in [0.2, 0.25) is 0 Å². The molecule has 114 valence electrons. The summed E-state index contributed by atoms with van der Waals surface area (Å²) in [4.78, 5) is 0. The molecule has 0 aliphatic rings. The van der Waals surface area contributed by atoms with E-state index in [0.717, 1.165) is 11.3 Å². The molecule has 2 N–H and O–H groups in total. The summed E-state index contributed by atoms with van der Waals surface area (Å²) in [5.41, 5.74) is 6.68. The van der Waals surface area contributed by atoms with Gasteiger partial charge in [0.1, 0.15) is 0 Å². The molecule has 0 amide bonds. The van der Waals surface area contributed by atoms with Crippen LogP contribution >= 0.6 is 35.4 Å². The minimum absolute atomic E-state index is 0.396. The molecule has 2 rings (SSSR count). The van der Waals surface area contributed by atoms with Crippen molar-refractivity contribution < 1.29 is 0 Å². The van der Waals surface area contributed by atoms with Gasteiger partial charge in [0.15, 0.2) is 5.11 Å². The fourth-order valence-corrected chi connectivity index (χ4v) is 2.48. The Morgan fingerprint density at radius 1 is 1.09 bits per heavy atom. The van der Waals surface area contributed by atoms with E-state index in [1.807, 2.05) is 19.1 Å². The molecule has 2 aromatic carbocycles. The van der Waals surface area contributed by atoms with Crippen molar-refractivity contribution in [1.82, 2.24) is 5.43 Å². The molecule has 0 aliphatic carbocycles. The van der Waals surface area contributed by atoms with Crippen LogP contribution in [0.1, 0.15) is 16.7 Å². The third-order valence-corrected chi connectivity index (χ3v) is 4.06. The van der Waals surface area contributed by atoms with Crippen molar-refractivity contribution in [3.05, 3.63) is 63.1 Å². The van der Waals surface area contributed by atoms with Gasteiger partial charge in [-0.15, -0.1) is 0 Å². The highest BCUT2D eigenvalue weighted by atomic mass is 35.5. The maximum absolute atomic E-state index is 6.06. The number of hydrogen-bond acceptors (Lipinski definition) is 2. The largest absolute Gasteiger partial charge is 0.331 e. The van der Waals surface area contributed by atoms with Crippen LogP contribution < -0.4 is 10.7 Å². The second-order valence-electron chi connectivity index (χ2n) is 4.71. The molecule has 0 heterocycles. The Morgan fingerprint density at radius 2 is 1.73 bits per heavy atom. The Hall–Kier alpha value is -1.62. The van der Waals surface area contributed by atoms with Crippen LogP contribution in [0.15, 0.2) is 41.5 Å². The van der Waals surface area contributed by atoms with E-state index in [1.54, 1.807) is 24.4 Å². The quantitative estimate of drug-likeness (QED) is 0.467. The highest BCUT2D eigenvalue weighted by Gasteiger charge is 2.03. The molecule has 0 atom stereocenters. The summed E-state index contributed by atoms with van der Waals surface area (Å²) >= 11 is 17.3. The first-order valence-electron chi connectivity index (χ1n) is 6.59. The lowest BCUT2D eigenvalue weighted by Crippen LogP contribution is -2.24. The van der Waals surface area contributed by atoms with Gasteiger partial charge in [0, 0.05) is 11.3 Å². The van der Waals surface area contributed by atoms with E-state index in [2.05, 4.69) is 28.8 Å². The van der Waals surface area contributed by atoms with Gasteiger partial charge in [0.25, 0.3) is 0 Å². The van der Waals surface area contributed by atoms with E-state index in [1.165, 1.54) is 5.56 Å². The zero-order valence-corrected chi connectivity index (χ0v) is 14.5. The highest BCUT2D eigenvalue weighted by Crippen LogP contribution is 2.22. The second-order valence-corrected chi connectivity index (χ2v) is 5.93. The van der Waals surface area contributed by atoms with Gasteiger partial charge >= 0.3 is 0 Å². The second kappa shape index (κ2) is 7.58. The molecule has 0 aromatic heterocycles. The van der Waals surface area contributed by atoms with Crippen LogP contribution in [0.3, 0.4) is 0 Å². The molecule has 22 heavy (non-hydrogen) atoms. The zero-order chi connectivity index (χ0) is 16.1. The van der Waals surface area contributed by atoms with Crippen LogP contribution in [0, 0.1) is 13.8 Å². The number of anilines is 1. The Bertz CT molecular complexity index is 709. The minimum atomic E-state index is 0.396. The number of thiocarbonyl (C=S) groups is 1. The van der Waals surface area contributed by atoms with Gasteiger partial charge < -0.3 is 5.32 Å². The predicted molar refractivity (Wildman–Crippen MR) is 99.3 cm³/mol. The van der Waals surface area contributed by atoms with Crippen LogP contribution in [-0.2, 0) is 0 Å². The zero-order valence-electron chi connectivity index (χ0n) is 12.2. The van der Waals surface area contributed by atoms with Crippen LogP contribution in [-0.4, -0.2) is 11.3 Å². The molecule has 0 fully saturated rings. The summed E-state index contributed by atoms with van der Waals surface area (Å²) in [6.45, 7) is 4.08. The highest BCUT2D eigenvalue weighted by molar-refractivity contribution is 7.80. The van der Waals surface area contributed by atoms with Gasteiger partial charge in [-0.05, 0) is 55.4 Å². The Balaban J connectivity index is 2.01. The number of hydrogen-bond donors (Lipinski definition) is 2. The molecule has 0 unspecified atom stereocenters. The van der Waals surface area contributed by atoms with Crippen molar-refractivity contribution in [3.8, 4) is 0 Å². The predicted octanol–water partition coefficient (Wildman–Crippen LogP) is 4.93. The Kier molecular flexibility index (Phi) is 5.77. The summed E-state index contributed by atoms with van der Waals surface area (Å²) in [5.74, 6) is 0. The molecule has 0 radical (unpaired) electrons. The molecular weight excluding hydrogens is 337 g/mol. The summed E-state index contributed by atoms with van der Waals surface area (Å²) in [6.07, 6.45) is 1.54. The third kappa shape index (κ3) is 4.19. The number of benzene rings is 2. The summed E-state index contributed by atoms with van der Waals surface area (Å²) in [5, 5.41) is 8.63. The lowest BCUT2D eigenvalue weighted by atomic mass is 10.1. The Labute approximate surface area is 145 Å². The fraction of sp³-hybridized carbons (Fsp3) is 0.125. The summed E-state index contributed by atoms with van der Waals surface area (Å²) in [6, 6.07) is 11.3. The van der Waals surface area contributed by atoms with Crippen molar-refractivity contribution >= 4 is 52.4 Å². The van der Waals surface area contributed by atoms with Gasteiger partial charge in [-0.3, -0.25) is 5.43 Å².